The van der Waals surface area contributed by atoms with Crippen LogP contribution in [0.2, 0.25) is 0 Å². The molecule has 4 atom stereocenters. The lowest BCUT2D eigenvalue weighted by atomic mass is 10.0. The topological polar surface area (TPSA) is 122 Å². The molecule has 14 heteroatoms. The normalized spacial score (nSPS) is 20.4. The third-order valence-corrected chi connectivity index (χ3v) is 9.17. The predicted octanol–water partition coefficient (Wildman–Crippen LogP) is 7.01. The number of carbonyl (C=O) groups is 2. The van der Waals surface area contributed by atoms with Crippen LogP contribution in [0.1, 0.15) is 61.5 Å². The van der Waals surface area contributed by atoms with E-state index in [-0.39, 0.29) is 49.5 Å². The van der Waals surface area contributed by atoms with Crippen LogP contribution in [0.5, 0.6) is 17.2 Å². The Labute approximate surface area is 302 Å². The summed E-state index contributed by atoms with van der Waals surface area (Å²) in [5, 5.41) is 15.8. The SMILES string of the molecule is C[C@@H]1CCCCO[C@@H](CN(C)Cc2ccc(C(F)(F)F)cc2)[C@H](C)CN([C@H](C)CO)C(=O)c2cc(NC(=O)Nc3ccc4c(c3)OCO4)ccc2O1. The van der Waals surface area contributed by atoms with Crippen LogP contribution in [0, 0.1) is 5.92 Å². The monoisotopic (exact) mass is 728 g/mol. The van der Waals surface area contributed by atoms with Crippen LogP contribution in [-0.4, -0.2) is 85.2 Å². The van der Waals surface area contributed by atoms with Crippen molar-refractivity contribution in [2.24, 2.45) is 5.92 Å². The highest BCUT2D eigenvalue weighted by molar-refractivity contribution is 6.02. The van der Waals surface area contributed by atoms with Crippen LogP contribution in [-0.2, 0) is 17.5 Å². The van der Waals surface area contributed by atoms with Gasteiger partial charge in [-0.15, -0.1) is 0 Å². The summed E-state index contributed by atoms with van der Waals surface area (Å²) in [6.45, 7) is 7.06. The highest BCUT2D eigenvalue weighted by Crippen LogP contribution is 2.35. The molecule has 0 saturated heterocycles. The lowest BCUT2D eigenvalue weighted by Crippen LogP contribution is -2.47. The van der Waals surface area contributed by atoms with Crippen LogP contribution < -0.4 is 24.8 Å². The van der Waals surface area contributed by atoms with Crippen molar-refractivity contribution in [3.63, 3.8) is 0 Å². The number of hydrogen-bond donors (Lipinski definition) is 3. The molecular formula is C38H47F3N4O7. The minimum absolute atomic E-state index is 0.107. The minimum atomic E-state index is -4.40. The lowest BCUT2D eigenvalue weighted by Gasteiger charge is -2.36. The Morgan fingerprint density at radius 2 is 1.65 bits per heavy atom. The molecule has 3 aromatic rings. The third-order valence-electron chi connectivity index (χ3n) is 9.17. The zero-order valence-corrected chi connectivity index (χ0v) is 29.9. The number of likely N-dealkylation sites (N-methyl/N-ethyl adjacent to an activating group) is 1. The van der Waals surface area contributed by atoms with Crippen LogP contribution in [0.3, 0.4) is 0 Å². The molecule has 0 spiro atoms. The second kappa shape index (κ2) is 17.3. The lowest BCUT2D eigenvalue weighted by molar-refractivity contribution is -0.137. The first kappa shape index (κ1) is 38.7. The maximum Gasteiger partial charge on any atom is 0.416 e. The molecular weight excluding hydrogens is 681 g/mol. The van der Waals surface area contributed by atoms with E-state index in [2.05, 4.69) is 10.6 Å². The van der Waals surface area contributed by atoms with Gasteiger partial charge in [-0.05, 0) is 88.2 Å². The Morgan fingerprint density at radius 1 is 0.981 bits per heavy atom. The number of amides is 3. The van der Waals surface area contributed by atoms with Gasteiger partial charge in [-0.3, -0.25) is 9.69 Å². The molecule has 0 radical (unpaired) electrons. The summed E-state index contributed by atoms with van der Waals surface area (Å²) in [5.41, 5.74) is 1.12. The van der Waals surface area contributed by atoms with Crippen molar-refractivity contribution in [2.45, 2.75) is 71.0 Å². The molecule has 0 fully saturated rings. The Kier molecular flexibility index (Phi) is 12.9. The van der Waals surface area contributed by atoms with E-state index in [1.54, 1.807) is 48.2 Å². The van der Waals surface area contributed by atoms with Crippen LogP contribution in [0.15, 0.2) is 60.7 Å². The fourth-order valence-electron chi connectivity index (χ4n) is 6.21. The molecule has 3 N–H and O–H groups in total. The number of urea groups is 1. The second-order valence-electron chi connectivity index (χ2n) is 13.5. The molecule has 0 bridgehead atoms. The first-order chi connectivity index (χ1) is 24.8. The van der Waals surface area contributed by atoms with Gasteiger partial charge in [-0.25, -0.2) is 4.79 Å². The van der Waals surface area contributed by atoms with Gasteiger partial charge in [0.15, 0.2) is 11.5 Å². The van der Waals surface area contributed by atoms with Crippen LogP contribution in [0.4, 0.5) is 29.3 Å². The van der Waals surface area contributed by atoms with Crippen molar-refractivity contribution in [1.82, 2.24) is 9.80 Å². The predicted molar refractivity (Wildman–Crippen MR) is 190 cm³/mol. The van der Waals surface area contributed by atoms with Crippen molar-refractivity contribution in [2.75, 3.05) is 50.8 Å². The van der Waals surface area contributed by atoms with E-state index >= 15 is 0 Å². The summed E-state index contributed by atoms with van der Waals surface area (Å²) in [7, 11) is 1.88. The maximum absolute atomic E-state index is 14.4. The van der Waals surface area contributed by atoms with Gasteiger partial charge in [0.2, 0.25) is 6.79 Å². The molecule has 5 rings (SSSR count). The van der Waals surface area contributed by atoms with E-state index in [4.69, 9.17) is 18.9 Å². The number of nitrogens with one attached hydrogen (secondary N) is 2. The number of nitrogens with zero attached hydrogens (tertiary/aromatic N) is 2. The van der Waals surface area contributed by atoms with Gasteiger partial charge in [-0.2, -0.15) is 13.2 Å². The Balaban J connectivity index is 1.34. The fourth-order valence-corrected chi connectivity index (χ4v) is 6.21. The molecule has 11 nitrogen and oxygen atoms in total. The highest BCUT2D eigenvalue weighted by atomic mass is 19.4. The number of ether oxygens (including phenoxy) is 4. The van der Waals surface area contributed by atoms with Crippen molar-refractivity contribution < 1.29 is 46.8 Å². The van der Waals surface area contributed by atoms with Gasteiger partial charge in [0.05, 0.1) is 36.0 Å². The smallest absolute Gasteiger partial charge is 0.416 e. The van der Waals surface area contributed by atoms with Gasteiger partial charge in [0, 0.05) is 49.6 Å². The van der Waals surface area contributed by atoms with E-state index in [9.17, 15) is 27.9 Å². The molecule has 282 valence electrons. The van der Waals surface area contributed by atoms with Crippen molar-refractivity contribution in [3.8, 4) is 17.2 Å². The van der Waals surface area contributed by atoms with Crippen molar-refractivity contribution in [3.05, 3.63) is 77.4 Å². The number of alkyl halides is 3. The number of aliphatic hydroxyl groups is 1. The molecule has 0 saturated carbocycles. The summed E-state index contributed by atoms with van der Waals surface area (Å²) in [5.74, 6) is 0.885. The molecule has 0 aromatic heterocycles. The van der Waals surface area contributed by atoms with E-state index in [0.29, 0.717) is 54.7 Å². The molecule has 2 aliphatic heterocycles. The fraction of sp³-hybridized carbons (Fsp3) is 0.474. The van der Waals surface area contributed by atoms with Gasteiger partial charge in [0.1, 0.15) is 5.75 Å². The largest absolute Gasteiger partial charge is 0.490 e. The van der Waals surface area contributed by atoms with Gasteiger partial charge in [0.25, 0.3) is 5.91 Å². The molecule has 2 aliphatic rings. The van der Waals surface area contributed by atoms with E-state index in [1.807, 2.05) is 25.8 Å². The minimum Gasteiger partial charge on any atom is -0.490 e. The number of fused-ring (bicyclic) bond motifs is 2. The molecule has 3 amide bonds. The summed E-state index contributed by atoms with van der Waals surface area (Å²) >= 11 is 0. The van der Waals surface area contributed by atoms with Crippen molar-refractivity contribution in [1.29, 1.82) is 0 Å². The van der Waals surface area contributed by atoms with E-state index < -0.39 is 23.8 Å². The Bertz CT molecular complexity index is 1670. The average Bonchev–Trinajstić information content (AvgIpc) is 3.57. The number of carbonyl (C=O) groups excluding carboxylic acids is 2. The number of hydrogen-bond acceptors (Lipinski definition) is 8. The molecule has 0 aliphatic carbocycles. The standard InChI is InChI=1S/C38H47F3N4O7/c1-24-19-45(25(2)22-46)36(47)31-17-29(42-37(48)43-30-13-15-33-34(18-30)51-23-50-33)12-14-32(31)52-26(3)7-5-6-16-49-35(24)21-44(4)20-27-8-10-28(11-9-27)38(39,40)41/h8-15,17-18,24-26,35,46H,5-7,16,19-23H2,1-4H3,(H2,42,43,48)/t24-,25-,26-,35+/m1/s1. The molecule has 2 heterocycles. The number of rotatable bonds is 8. The summed E-state index contributed by atoms with van der Waals surface area (Å²) in [6.07, 6.45) is -2.65. The van der Waals surface area contributed by atoms with Gasteiger partial charge in [-0.1, -0.05) is 19.1 Å². The zero-order valence-electron chi connectivity index (χ0n) is 29.9. The first-order valence-corrected chi connectivity index (χ1v) is 17.5. The number of halogens is 3. The maximum atomic E-state index is 14.4. The highest BCUT2D eigenvalue weighted by Gasteiger charge is 2.32. The zero-order chi connectivity index (χ0) is 37.4. The third kappa shape index (κ3) is 10.3. The molecule has 0 unspecified atom stereocenters. The number of anilines is 2. The van der Waals surface area contributed by atoms with Crippen LogP contribution >= 0.6 is 0 Å². The quantitative estimate of drug-likeness (QED) is 0.227. The second-order valence-corrected chi connectivity index (χ2v) is 13.5. The summed E-state index contributed by atoms with van der Waals surface area (Å²) < 4.78 is 62.7. The van der Waals surface area contributed by atoms with E-state index in [1.165, 1.54) is 12.1 Å². The van der Waals surface area contributed by atoms with Crippen molar-refractivity contribution >= 4 is 23.3 Å². The van der Waals surface area contributed by atoms with Gasteiger partial charge >= 0.3 is 12.2 Å². The Morgan fingerprint density at radius 3 is 2.35 bits per heavy atom. The molecule has 3 aromatic carbocycles. The van der Waals surface area contributed by atoms with E-state index in [0.717, 1.165) is 30.5 Å². The number of benzene rings is 3. The first-order valence-electron chi connectivity index (χ1n) is 17.5. The number of aliphatic hydroxyl groups excluding tert-OH is 1. The molecule has 52 heavy (non-hydrogen) atoms. The van der Waals surface area contributed by atoms with Gasteiger partial charge < -0.3 is 39.6 Å². The van der Waals surface area contributed by atoms with Crippen LogP contribution in [0.25, 0.3) is 0 Å². The summed E-state index contributed by atoms with van der Waals surface area (Å²) in [6, 6.07) is 14.0. The Hall–Kier alpha value is -4.53. The summed E-state index contributed by atoms with van der Waals surface area (Å²) in [4.78, 5) is 31.0. The average molecular weight is 729 g/mol.